The van der Waals surface area contributed by atoms with Gasteiger partial charge in [-0.1, -0.05) is 0 Å². The predicted molar refractivity (Wildman–Crippen MR) is 37.0 cm³/mol. The van der Waals surface area contributed by atoms with Crippen LogP contribution in [0.4, 0.5) is 0 Å². The van der Waals surface area contributed by atoms with Gasteiger partial charge in [0, 0.05) is 0 Å². The Morgan fingerprint density at radius 3 is 1.92 bits per heavy atom. The Morgan fingerprint density at radius 2 is 1.83 bits per heavy atom. The van der Waals surface area contributed by atoms with Crippen LogP contribution in [0.5, 0.6) is 0 Å². The summed E-state index contributed by atoms with van der Waals surface area (Å²) in [7, 11) is 0. The first-order valence-corrected chi connectivity index (χ1v) is 6.15. The second-order valence-corrected chi connectivity index (χ2v) is 3.27. The quantitative estimate of drug-likeness (QED) is 0.254. The van der Waals surface area contributed by atoms with Crippen LogP contribution in [0.1, 0.15) is 6.42 Å². The van der Waals surface area contributed by atoms with Crippen LogP contribution in [-0.2, 0) is 19.8 Å². The van der Waals surface area contributed by atoms with Gasteiger partial charge >= 0.3 is 102 Å². The zero-order valence-electron chi connectivity index (χ0n) is 5.93. The van der Waals surface area contributed by atoms with Gasteiger partial charge in [-0.05, 0) is 0 Å². The number of carbonyl (C=O) groups excluding carboxylic acids is 2. The number of rotatable bonds is 3. The topological polar surface area (TPSA) is 89.9 Å². The van der Waals surface area contributed by atoms with Gasteiger partial charge in [0.1, 0.15) is 0 Å². The van der Waals surface area contributed by atoms with Crippen molar-refractivity contribution in [3.8, 4) is 0 Å². The first-order chi connectivity index (χ1) is 5.58. The van der Waals surface area contributed by atoms with Crippen molar-refractivity contribution < 1.29 is 24.9 Å². The Kier molecular flexibility index (Phi) is 13.8. The number of carboxylic acids is 1. The molecule has 0 bridgehead atoms. The molecule has 0 spiro atoms. The van der Waals surface area contributed by atoms with Crippen molar-refractivity contribution in [3.63, 3.8) is 0 Å². The van der Waals surface area contributed by atoms with Gasteiger partial charge in [0.05, 0.1) is 0 Å². The van der Waals surface area contributed by atoms with Crippen LogP contribution in [0, 0.1) is 0 Å². The fourth-order valence-electron chi connectivity index (χ4n) is 0.165. The van der Waals surface area contributed by atoms with Gasteiger partial charge in [-0.15, -0.1) is 0 Å². The van der Waals surface area contributed by atoms with E-state index in [-0.39, 0.29) is 26.2 Å². The number of hydrogen-bond acceptors (Lipinski definition) is 5. The number of carbonyl (C=O) groups is 3. The number of aliphatic carboxylic acids is 1. The molecule has 0 amide bonds. The maximum atomic E-state index is 10.1. The second kappa shape index (κ2) is 11.3. The van der Waals surface area contributed by atoms with E-state index in [0.717, 1.165) is 0 Å². The van der Waals surface area contributed by atoms with Crippen LogP contribution in [0.25, 0.3) is 0 Å². The molecule has 0 atom stereocenters. The van der Waals surface area contributed by atoms with Crippen LogP contribution in [0.15, 0.2) is 0 Å². The van der Waals surface area contributed by atoms with Crippen LogP contribution in [0.2, 0.25) is 0 Å². The maximum absolute atomic E-state index is 10.1. The fourth-order valence-corrected chi connectivity index (χ4v) is 0.489. The van der Waals surface area contributed by atoms with E-state index in [1.54, 1.807) is 0 Å². The third kappa shape index (κ3) is 16.7. The third-order valence-corrected chi connectivity index (χ3v) is 1.94. The van der Waals surface area contributed by atoms with Gasteiger partial charge in [0.2, 0.25) is 0 Å². The van der Waals surface area contributed by atoms with Gasteiger partial charge in [-0.25, -0.2) is 0 Å². The van der Waals surface area contributed by atoms with E-state index in [4.69, 9.17) is 9.90 Å². The molecule has 0 rings (SSSR count). The molecule has 0 saturated carbocycles. The van der Waals surface area contributed by atoms with Gasteiger partial charge < -0.3 is 0 Å². The van der Waals surface area contributed by atoms with Gasteiger partial charge in [-0.2, -0.15) is 0 Å². The van der Waals surface area contributed by atoms with Gasteiger partial charge in [-0.3, -0.25) is 0 Å². The van der Waals surface area contributed by atoms with E-state index in [0.29, 0.717) is 32.7 Å². The van der Waals surface area contributed by atoms with Crippen LogP contribution >= 0.6 is 0 Å². The average Bonchev–Trinajstić information content (AvgIpc) is 2.04. The summed E-state index contributed by atoms with van der Waals surface area (Å²) >= 11 is 0.453. The summed E-state index contributed by atoms with van der Waals surface area (Å²) in [6.45, 7) is 0.449. The minimum atomic E-state index is -1.14. The van der Waals surface area contributed by atoms with Crippen molar-refractivity contribution in [2.24, 2.45) is 0 Å². The van der Waals surface area contributed by atoms with E-state index in [2.05, 4.69) is 5.37 Å². The fraction of sp³-hybridized carbons (Fsp3) is 0.250. The molecule has 0 radical (unpaired) electrons. The molecule has 0 heterocycles. The molecule has 0 unspecified atom stereocenters. The first kappa shape index (κ1) is 14.8. The summed E-state index contributed by atoms with van der Waals surface area (Å²) in [5.41, 5.74) is 0. The molecule has 0 aliphatic carbocycles. The predicted octanol–water partition coefficient (Wildman–Crippen LogP) is -1.67. The Labute approximate surface area is 101 Å². The van der Waals surface area contributed by atoms with Crippen LogP contribution < -0.4 is 0 Å². The molecule has 0 aromatic carbocycles. The normalized spacial score (nSPS) is 6.83. The van der Waals surface area contributed by atoms with Crippen molar-refractivity contribution in [2.75, 3.05) is 0 Å². The zero-order valence-corrected chi connectivity index (χ0v) is 14.9. The van der Waals surface area contributed by atoms with E-state index in [1.807, 2.05) is 0 Å². The Bertz CT molecular complexity index is 158. The third-order valence-electron chi connectivity index (χ3n) is 0.483. The summed E-state index contributed by atoms with van der Waals surface area (Å²) in [5, 5.41) is 7.93. The van der Waals surface area contributed by atoms with Crippen molar-refractivity contribution >= 4 is 70.9 Å². The Balaban J connectivity index is 0. The van der Waals surface area contributed by atoms with E-state index >= 15 is 0 Å². The minimum absolute atomic E-state index is 0.0897. The van der Waals surface area contributed by atoms with Gasteiger partial charge in [0.15, 0.2) is 0 Å². The van der Waals surface area contributed by atoms with Gasteiger partial charge in [0.25, 0.3) is 0 Å². The first-order valence-electron chi connectivity index (χ1n) is 2.49. The standard InChI is InChI=1S/C3H4O4.CH2O2.2Tl/c4-2(5)1-3(6)7;2-1-3;;/h1H2,(H,4,5)(H,6,7);1H,(H,2,3);;/q;;2*+1/p-2. The van der Waals surface area contributed by atoms with Crippen molar-refractivity contribution in [1.82, 2.24) is 0 Å². The monoisotopic (exact) mass is 558 g/mol. The molecule has 0 aromatic rings. The number of hydrogen-bond donors (Lipinski definition) is 1. The average molecular weight is 557 g/mol. The van der Waals surface area contributed by atoms with Crippen molar-refractivity contribution in [1.29, 1.82) is 0 Å². The Morgan fingerprint density at radius 1 is 1.42 bits per heavy atom. The molecule has 8 heteroatoms. The molecule has 1 N–H and O–H groups in total. The molecular weight excluding hydrogens is 553 g/mol. The van der Waals surface area contributed by atoms with Crippen LogP contribution in [0.3, 0.4) is 0 Å². The Hall–Kier alpha value is 0.254. The second-order valence-electron chi connectivity index (χ2n) is 1.29. The molecule has 6 nitrogen and oxygen atoms in total. The van der Waals surface area contributed by atoms with E-state index in [1.165, 1.54) is 0 Å². The summed E-state index contributed by atoms with van der Waals surface area (Å²) < 4.78 is 8.24. The molecule has 12 heavy (non-hydrogen) atoms. The summed E-state index contributed by atoms with van der Waals surface area (Å²) in [5.74, 6) is -1.79. The molecule has 0 aliphatic heterocycles. The summed E-state index contributed by atoms with van der Waals surface area (Å²) in [4.78, 5) is 28.7. The molecule has 0 aromatic heterocycles. The molecular formula is C4H4O6Tl2. The molecule has 0 fully saturated rings. The van der Waals surface area contributed by atoms with Crippen LogP contribution in [-0.4, -0.2) is 76.0 Å². The van der Waals surface area contributed by atoms with E-state index < -0.39 is 18.4 Å². The van der Waals surface area contributed by atoms with E-state index in [9.17, 15) is 9.59 Å². The number of carboxylic acid groups (broad SMARTS) is 1. The molecule has 0 saturated heterocycles. The molecule has 62 valence electrons. The van der Waals surface area contributed by atoms with Crippen molar-refractivity contribution in [2.45, 2.75) is 6.42 Å². The summed E-state index contributed by atoms with van der Waals surface area (Å²) in [6.07, 6.45) is -0.517. The summed E-state index contributed by atoms with van der Waals surface area (Å²) in [6, 6.07) is 0. The van der Waals surface area contributed by atoms with Crippen molar-refractivity contribution in [3.05, 3.63) is 0 Å². The SMILES string of the molecule is O=C(O)CC(=O)[O][Tl].O=C[O][Tl]. The zero-order chi connectivity index (χ0) is 9.98. The molecule has 0 aliphatic rings.